The lowest BCUT2D eigenvalue weighted by atomic mass is 10.0. The van der Waals surface area contributed by atoms with E-state index in [0.29, 0.717) is 22.9 Å². The highest BCUT2D eigenvalue weighted by Crippen LogP contribution is 2.25. The summed E-state index contributed by atoms with van der Waals surface area (Å²) in [6, 6.07) is 16.1. The van der Waals surface area contributed by atoms with Crippen molar-refractivity contribution in [2.24, 2.45) is 0 Å². The zero-order valence-electron chi connectivity index (χ0n) is 16.5. The van der Waals surface area contributed by atoms with Gasteiger partial charge in [-0.05, 0) is 47.9 Å². The Kier molecular flexibility index (Phi) is 6.26. The maximum atomic E-state index is 12.1. The summed E-state index contributed by atoms with van der Waals surface area (Å²) < 4.78 is 10.4. The first-order valence-electron chi connectivity index (χ1n) is 9.25. The van der Waals surface area contributed by atoms with Gasteiger partial charge in [-0.15, -0.1) is 0 Å². The number of carbonyl (C=O) groups excluding carboxylic acids is 2. The van der Waals surface area contributed by atoms with Crippen LogP contribution in [0, 0.1) is 10.1 Å². The molecule has 0 spiro atoms. The standard InChI is InChI=1S/C22H20N2O6/c1-14(2)15-3-7-17(8-4-15)23-21(25)13-29-22(26)20-12-11-19(30-20)16-5-9-18(10-6-16)24(27)28/h3-12,14H,13H2,1-2H3,(H,23,25). The second kappa shape index (κ2) is 9.04. The Morgan fingerprint density at radius 2 is 1.70 bits per heavy atom. The minimum absolute atomic E-state index is 0.0465. The highest BCUT2D eigenvalue weighted by atomic mass is 16.6. The first kappa shape index (κ1) is 20.8. The van der Waals surface area contributed by atoms with Crippen LogP contribution in [0.25, 0.3) is 11.3 Å². The molecule has 1 aromatic heterocycles. The van der Waals surface area contributed by atoms with Gasteiger partial charge in [0.05, 0.1) is 4.92 Å². The van der Waals surface area contributed by atoms with Crippen LogP contribution < -0.4 is 5.32 Å². The number of nitro benzene ring substituents is 1. The largest absolute Gasteiger partial charge is 0.450 e. The molecule has 30 heavy (non-hydrogen) atoms. The van der Waals surface area contributed by atoms with Gasteiger partial charge in [0.25, 0.3) is 11.6 Å². The third-order valence-corrected chi connectivity index (χ3v) is 4.37. The van der Waals surface area contributed by atoms with Crippen LogP contribution in [0.4, 0.5) is 11.4 Å². The molecular formula is C22H20N2O6. The van der Waals surface area contributed by atoms with E-state index in [1.54, 1.807) is 18.2 Å². The molecule has 154 valence electrons. The molecule has 0 unspecified atom stereocenters. The number of anilines is 1. The summed E-state index contributed by atoms with van der Waals surface area (Å²) in [5.41, 5.74) is 2.29. The quantitative estimate of drug-likeness (QED) is 0.342. The molecule has 8 heteroatoms. The molecular weight excluding hydrogens is 388 g/mol. The van der Waals surface area contributed by atoms with Crippen LogP contribution in [0.2, 0.25) is 0 Å². The van der Waals surface area contributed by atoms with E-state index in [4.69, 9.17) is 9.15 Å². The molecule has 0 saturated heterocycles. The van der Waals surface area contributed by atoms with Crippen LogP contribution in [0.15, 0.2) is 65.1 Å². The number of furan rings is 1. The molecule has 1 N–H and O–H groups in total. The lowest BCUT2D eigenvalue weighted by molar-refractivity contribution is -0.384. The number of nitrogens with one attached hydrogen (secondary N) is 1. The second-order valence-corrected chi connectivity index (χ2v) is 6.87. The van der Waals surface area contributed by atoms with Gasteiger partial charge in [-0.25, -0.2) is 4.79 Å². The fraction of sp³-hybridized carbons (Fsp3) is 0.182. The van der Waals surface area contributed by atoms with Gasteiger partial charge in [0.15, 0.2) is 6.61 Å². The molecule has 1 heterocycles. The summed E-state index contributed by atoms with van der Waals surface area (Å²) in [6.07, 6.45) is 0. The number of rotatable bonds is 7. The lowest BCUT2D eigenvalue weighted by Gasteiger charge is -2.08. The summed E-state index contributed by atoms with van der Waals surface area (Å²) in [6.45, 7) is 3.70. The van der Waals surface area contributed by atoms with Crippen molar-refractivity contribution in [3.05, 3.63) is 82.1 Å². The third-order valence-electron chi connectivity index (χ3n) is 4.37. The zero-order valence-corrected chi connectivity index (χ0v) is 16.5. The minimum Gasteiger partial charge on any atom is -0.450 e. The van der Waals surface area contributed by atoms with E-state index in [0.717, 1.165) is 5.56 Å². The Hall–Kier alpha value is -3.94. The number of nitrogens with zero attached hydrogens (tertiary/aromatic N) is 1. The Labute approximate surface area is 172 Å². The smallest absolute Gasteiger partial charge is 0.374 e. The highest BCUT2D eigenvalue weighted by Gasteiger charge is 2.16. The fourth-order valence-corrected chi connectivity index (χ4v) is 2.70. The van der Waals surface area contributed by atoms with E-state index in [2.05, 4.69) is 19.2 Å². The SMILES string of the molecule is CC(C)c1ccc(NC(=O)COC(=O)c2ccc(-c3ccc([N+](=O)[O-])cc3)o2)cc1. The molecule has 0 aliphatic rings. The van der Waals surface area contributed by atoms with Gasteiger partial charge >= 0.3 is 5.97 Å². The van der Waals surface area contributed by atoms with Crippen molar-refractivity contribution in [3.63, 3.8) is 0 Å². The molecule has 0 fully saturated rings. The van der Waals surface area contributed by atoms with E-state index < -0.39 is 23.4 Å². The first-order valence-corrected chi connectivity index (χ1v) is 9.25. The summed E-state index contributed by atoms with van der Waals surface area (Å²) in [5, 5.41) is 13.4. The van der Waals surface area contributed by atoms with E-state index in [1.165, 1.54) is 30.3 Å². The predicted octanol–water partition coefficient (Wildman–Crippen LogP) is 4.77. The molecule has 8 nitrogen and oxygen atoms in total. The van der Waals surface area contributed by atoms with Crippen LogP contribution in [0.3, 0.4) is 0 Å². The maximum Gasteiger partial charge on any atom is 0.374 e. The number of benzene rings is 2. The number of hydrogen-bond donors (Lipinski definition) is 1. The fourth-order valence-electron chi connectivity index (χ4n) is 2.70. The summed E-state index contributed by atoms with van der Waals surface area (Å²) >= 11 is 0. The molecule has 3 rings (SSSR count). The van der Waals surface area contributed by atoms with Crippen molar-refractivity contribution in [2.75, 3.05) is 11.9 Å². The number of esters is 1. The van der Waals surface area contributed by atoms with Gasteiger partial charge in [0.2, 0.25) is 5.76 Å². The topological polar surface area (TPSA) is 112 Å². The van der Waals surface area contributed by atoms with Crippen LogP contribution in [0.1, 0.15) is 35.9 Å². The molecule has 0 saturated carbocycles. The van der Waals surface area contributed by atoms with E-state index >= 15 is 0 Å². The van der Waals surface area contributed by atoms with Gasteiger partial charge in [-0.1, -0.05) is 26.0 Å². The highest BCUT2D eigenvalue weighted by molar-refractivity contribution is 5.94. The van der Waals surface area contributed by atoms with E-state index in [-0.39, 0.29) is 11.4 Å². The van der Waals surface area contributed by atoms with E-state index in [1.807, 2.05) is 12.1 Å². The summed E-state index contributed by atoms with van der Waals surface area (Å²) in [7, 11) is 0. The van der Waals surface area contributed by atoms with Crippen molar-refractivity contribution >= 4 is 23.3 Å². The zero-order chi connectivity index (χ0) is 21.7. The lowest BCUT2D eigenvalue weighted by Crippen LogP contribution is -2.20. The Bertz CT molecular complexity index is 1050. The monoisotopic (exact) mass is 408 g/mol. The predicted molar refractivity (Wildman–Crippen MR) is 110 cm³/mol. The Balaban J connectivity index is 1.55. The van der Waals surface area contributed by atoms with Crippen molar-refractivity contribution in [3.8, 4) is 11.3 Å². The first-order chi connectivity index (χ1) is 14.3. The average Bonchev–Trinajstić information content (AvgIpc) is 3.23. The number of ether oxygens (including phenoxy) is 1. The van der Waals surface area contributed by atoms with Crippen molar-refractivity contribution in [2.45, 2.75) is 19.8 Å². The Morgan fingerprint density at radius 1 is 1.03 bits per heavy atom. The van der Waals surface area contributed by atoms with Crippen molar-refractivity contribution in [1.29, 1.82) is 0 Å². The molecule has 0 aliphatic heterocycles. The second-order valence-electron chi connectivity index (χ2n) is 6.87. The molecule has 0 bridgehead atoms. The number of hydrogen-bond acceptors (Lipinski definition) is 6. The van der Waals surface area contributed by atoms with Gasteiger partial charge < -0.3 is 14.5 Å². The van der Waals surface area contributed by atoms with Crippen LogP contribution in [0.5, 0.6) is 0 Å². The number of amides is 1. The van der Waals surface area contributed by atoms with Gasteiger partial charge in [-0.2, -0.15) is 0 Å². The number of nitro groups is 1. The maximum absolute atomic E-state index is 12.1. The number of non-ortho nitro benzene ring substituents is 1. The molecule has 1 amide bonds. The molecule has 2 aromatic carbocycles. The van der Waals surface area contributed by atoms with Crippen LogP contribution in [-0.4, -0.2) is 23.4 Å². The molecule has 0 radical (unpaired) electrons. The molecule has 0 aliphatic carbocycles. The molecule has 0 atom stereocenters. The van der Waals surface area contributed by atoms with Crippen molar-refractivity contribution in [1.82, 2.24) is 0 Å². The summed E-state index contributed by atoms with van der Waals surface area (Å²) in [4.78, 5) is 34.3. The Morgan fingerprint density at radius 3 is 2.30 bits per heavy atom. The van der Waals surface area contributed by atoms with Gasteiger partial charge in [0.1, 0.15) is 5.76 Å². The number of carbonyl (C=O) groups is 2. The van der Waals surface area contributed by atoms with E-state index in [9.17, 15) is 19.7 Å². The normalized spacial score (nSPS) is 10.6. The molecule has 3 aromatic rings. The van der Waals surface area contributed by atoms with Crippen LogP contribution >= 0.6 is 0 Å². The van der Waals surface area contributed by atoms with Crippen LogP contribution in [-0.2, 0) is 9.53 Å². The average molecular weight is 408 g/mol. The summed E-state index contributed by atoms with van der Waals surface area (Å²) in [5.74, 6) is -0.583. The third kappa shape index (κ3) is 5.11. The van der Waals surface area contributed by atoms with Gasteiger partial charge in [0, 0.05) is 23.4 Å². The minimum atomic E-state index is -0.784. The van der Waals surface area contributed by atoms with Crippen molar-refractivity contribution < 1.29 is 23.7 Å². The van der Waals surface area contributed by atoms with Gasteiger partial charge in [-0.3, -0.25) is 14.9 Å².